The zero-order valence-corrected chi connectivity index (χ0v) is 12.9. The smallest absolute Gasteiger partial charge is 0.255 e. The van der Waals surface area contributed by atoms with Gasteiger partial charge in [0, 0.05) is 9.13 Å². The van der Waals surface area contributed by atoms with Gasteiger partial charge in [-0.3, -0.25) is 4.79 Å². The Labute approximate surface area is 129 Å². The summed E-state index contributed by atoms with van der Waals surface area (Å²) in [7, 11) is 0. The normalized spacial score (nSPS) is 10.3. The molecule has 0 saturated heterocycles. The van der Waals surface area contributed by atoms with Crippen molar-refractivity contribution < 1.29 is 9.18 Å². The second-order valence-corrected chi connectivity index (χ2v) is 5.64. The Morgan fingerprint density at radius 1 is 1.26 bits per heavy atom. The summed E-state index contributed by atoms with van der Waals surface area (Å²) >= 11 is 8.02. The summed E-state index contributed by atoms with van der Waals surface area (Å²) in [6.07, 6.45) is 0. The molecule has 0 unspecified atom stereocenters. The van der Waals surface area contributed by atoms with Crippen molar-refractivity contribution in [2.75, 3.05) is 5.32 Å². The molecule has 0 aliphatic carbocycles. The van der Waals surface area contributed by atoms with E-state index in [-0.39, 0.29) is 11.6 Å². The molecular weight excluding hydrogens is 380 g/mol. The predicted molar refractivity (Wildman–Crippen MR) is 83.3 cm³/mol. The van der Waals surface area contributed by atoms with Gasteiger partial charge in [-0.15, -0.1) is 0 Å². The number of hydrogen-bond acceptors (Lipinski definition) is 1. The van der Waals surface area contributed by atoms with Gasteiger partial charge in [-0.05, 0) is 65.4 Å². The van der Waals surface area contributed by atoms with Gasteiger partial charge in [-0.25, -0.2) is 4.39 Å². The molecule has 2 nitrogen and oxygen atoms in total. The van der Waals surface area contributed by atoms with E-state index in [1.807, 2.05) is 0 Å². The molecule has 5 heteroatoms. The fourth-order valence-electron chi connectivity index (χ4n) is 1.55. The number of nitrogens with one attached hydrogen (secondary N) is 1. The molecule has 2 rings (SSSR count). The van der Waals surface area contributed by atoms with E-state index in [2.05, 4.69) is 27.9 Å². The van der Waals surface area contributed by atoms with Gasteiger partial charge in [0.1, 0.15) is 5.82 Å². The van der Waals surface area contributed by atoms with Crippen molar-refractivity contribution in [3.05, 3.63) is 61.9 Å². The van der Waals surface area contributed by atoms with Crippen LogP contribution in [-0.4, -0.2) is 5.91 Å². The summed E-state index contributed by atoms with van der Waals surface area (Å²) in [6, 6.07) is 9.59. The van der Waals surface area contributed by atoms with Gasteiger partial charge in [0.15, 0.2) is 0 Å². The summed E-state index contributed by atoms with van der Waals surface area (Å²) < 4.78 is 14.5. The highest BCUT2D eigenvalue weighted by Crippen LogP contribution is 2.21. The standard InChI is InChI=1S/C14H10ClFINO/c1-8-2-5-13(11(16)6-8)18-14(19)9-3-4-12(17)10(15)7-9/h2-7H,1H3,(H,18,19). The molecular formula is C14H10ClFINO. The second kappa shape index (κ2) is 5.88. The van der Waals surface area contributed by atoms with Crippen LogP contribution in [0.2, 0.25) is 5.02 Å². The van der Waals surface area contributed by atoms with Gasteiger partial charge in [-0.1, -0.05) is 17.7 Å². The quantitative estimate of drug-likeness (QED) is 0.745. The highest BCUT2D eigenvalue weighted by atomic mass is 127. The van der Waals surface area contributed by atoms with Crippen LogP contribution < -0.4 is 5.32 Å². The van der Waals surface area contributed by atoms with Crippen molar-refractivity contribution in [2.45, 2.75) is 6.92 Å². The average molecular weight is 390 g/mol. The number of amides is 1. The van der Waals surface area contributed by atoms with Crippen LogP contribution in [-0.2, 0) is 0 Å². The lowest BCUT2D eigenvalue weighted by Gasteiger charge is -2.07. The van der Waals surface area contributed by atoms with E-state index in [4.69, 9.17) is 11.6 Å². The summed E-state index contributed by atoms with van der Waals surface area (Å²) in [4.78, 5) is 12.0. The molecule has 1 amide bonds. The minimum atomic E-state index is -0.454. The lowest BCUT2D eigenvalue weighted by molar-refractivity contribution is 0.102. The highest BCUT2D eigenvalue weighted by Gasteiger charge is 2.10. The molecule has 0 fully saturated rings. The Hall–Kier alpha value is -1.14. The maximum Gasteiger partial charge on any atom is 0.255 e. The van der Waals surface area contributed by atoms with Crippen LogP contribution >= 0.6 is 34.2 Å². The molecule has 0 radical (unpaired) electrons. The minimum absolute atomic E-state index is 0.158. The molecule has 2 aromatic rings. The molecule has 1 N–H and O–H groups in total. The third-order valence-corrected chi connectivity index (χ3v) is 4.13. The fraction of sp³-hybridized carbons (Fsp3) is 0.0714. The van der Waals surface area contributed by atoms with Crippen molar-refractivity contribution in [1.29, 1.82) is 0 Å². The van der Waals surface area contributed by atoms with Crippen molar-refractivity contribution >= 4 is 45.8 Å². The maximum absolute atomic E-state index is 13.6. The predicted octanol–water partition coefficient (Wildman–Crippen LogP) is 4.64. The number of halogens is 3. The molecule has 0 bridgehead atoms. The molecule has 0 aliphatic rings. The number of anilines is 1. The first-order chi connectivity index (χ1) is 8.97. The molecule has 0 saturated carbocycles. The van der Waals surface area contributed by atoms with Crippen LogP contribution in [0.4, 0.5) is 10.1 Å². The SMILES string of the molecule is Cc1ccc(NC(=O)c2ccc(I)c(Cl)c2)c(F)c1. The topological polar surface area (TPSA) is 29.1 Å². The Balaban J connectivity index is 2.23. The van der Waals surface area contributed by atoms with Crippen molar-refractivity contribution in [3.63, 3.8) is 0 Å². The number of carbonyl (C=O) groups is 1. The lowest BCUT2D eigenvalue weighted by atomic mass is 10.2. The summed E-state index contributed by atoms with van der Waals surface area (Å²) in [5, 5.41) is 3.02. The number of aryl methyl sites for hydroxylation is 1. The van der Waals surface area contributed by atoms with Crippen LogP contribution in [0.25, 0.3) is 0 Å². The average Bonchev–Trinajstić information content (AvgIpc) is 2.36. The Bertz CT molecular complexity index is 645. The van der Waals surface area contributed by atoms with E-state index < -0.39 is 5.82 Å². The molecule has 0 aromatic heterocycles. The fourth-order valence-corrected chi connectivity index (χ4v) is 2.07. The Kier molecular flexibility index (Phi) is 4.42. The Morgan fingerprint density at radius 2 is 2.00 bits per heavy atom. The van der Waals surface area contributed by atoms with Crippen LogP contribution in [0, 0.1) is 16.3 Å². The highest BCUT2D eigenvalue weighted by molar-refractivity contribution is 14.1. The van der Waals surface area contributed by atoms with Crippen LogP contribution in [0.1, 0.15) is 15.9 Å². The van der Waals surface area contributed by atoms with Crippen molar-refractivity contribution in [1.82, 2.24) is 0 Å². The molecule has 0 atom stereocenters. The van der Waals surface area contributed by atoms with E-state index in [1.165, 1.54) is 12.1 Å². The number of rotatable bonds is 2. The van der Waals surface area contributed by atoms with E-state index in [0.717, 1.165) is 9.13 Å². The molecule has 0 aliphatic heterocycles. The number of hydrogen-bond donors (Lipinski definition) is 1. The monoisotopic (exact) mass is 389 g/mol. The first kappa shape index (κ1) is 14.3. The maximum atomic E-state index is 13.6. The van der Waals surface area contributed by atoms with E-state index >= 15 is 0 Å². The largest absolute Gasteiger partial charge is 0.319 e. The van der Waals surface area contributed by atoms with E-state index in [0.29, 0.717) is 10.6 Å². The van der Waals surface area contributed by atoms with Crippen LogP contribution in [0.15, 0.2) is 36.4 Å². The lowest BCUT2D eigenvalue weighted by Crippen LogP contribution is -2.13. The van der Waals surface area contributed by atoms with E-state index in [9.17, 15) is 9.18 Å². The Morgan fingerprint density at radius 3 is 2.63 bits per heavy atom. The first-order valence-electron chi connectivity index (χ1n) is 5.50. The minimum Gasteiger partial charge on any atom is -0.319 e. The summed E-state index contributed by atoms with van der Waals surface area (Å²) in [5.74, 6) is -0.842. The summed E-state index contributed by atoms with van der Waals surface area (Å²) in [5.41, 5.74) is 1.35. The third-order valence-electron chi connectivity index (χ3n) is 2.55. The molecule has 2 aromatic carbocycles. The number of carbonyl (C=O) groups excluding carboxylic acids is 1. The molecule has 19 heavy (non-hydrogen) atoms. The van der Waals surface area contributed by atoms with Crippen molar-refractivity contribution in [3.8, 4) is 0 Å². The van der Waals surface area contributed by atoms with Gasteiger partial charge < -0.3 is 5.32 Å². The summed E-state index contributed by atoms with van der Waals surface area (Å²) in [6.45, 7) is 1.79. The third kappa shape index (κ3) is 3.45. The second-order valence-electron chi connectivity index (χ2n) is 4.07. The van der Waals surface area contributed by atoms with Gasteiger partial charge >= 0.3 is 0 Å². The first-order valence-corrected chi connectivity index (χ1v) is 6.95. The zero-order chi connectivity index (χ0) is 14.0. The van der Waals surface area contributed by atoms with Crippen molar-refractivity contribution in [2.24, 2.45) is 0 Å². The van der Waals surface area contributed by atoms with Gasteiger partial charge in [-0.2, -0.15) is 0 Å². The zero-order valence-electron chi connectivity index (χ0n) is 10.0. The van der Waals surface area contributed by atoms with E-state index in [1.54, 1.807) is 31.2 Å². The van der Waals surface area contributed by atoms with Gasteiger partial charge in [0.25, 0.3) is 5.91 Å². The van der Waals surface area contributed by atoms with Crippen LogP contribution in [0.5, 0.6) is 0 Å². The van der Waals surface area contributed by atoms with Gasteiger partial charge in [0.2, 0.25) is 0 Å². The molecule has 0 spiro atoms. The number of benzene rings is 2. The van der Waals surface area contributed by atoms with Gasteiger partial charge in [0.05, 0.1) is 10.7 Å². The molecule has 0 heterocycles. The molecule has 98 valence electrons. The van der Waals surface area contributed by atoms with Crippen LogP contribution in [0.3, 0.4) is 0 Å².